The van der Waals surface area contributed by atoms with Crippen LogP contribution < -0.4 is 10.1 Å². The van der Waals surface area contributed by atoms with Crippen LogP contribution in [0.25, 0.3) is 0 Å². The SMILES string of the molecule is CNC(=O)C(=NOC)c1ccccc1CSC(=Nc1ccc(OC)cc1)C1CC1. The monoisotopic (exact) mass is 411 g/mol. The average molecular weight is 412 g/mol. The molecule has 7 heteroatoms. The van der Waals surface area contributed by atoms with Crippen LogP contribution in [0, 0.1) is 5.92 Å². The first kappa shape index (κ1) is 20.9. The molecule has 1 aliphatic carbocycles. The molecular formula is C22H25N3O3S. The molecule has 0 bridgehead atoms. The van der Waals surface area contributed by atoms with Gasteiger partial charge in [-0.2, -0.15) is 0 Å². The third-order valence-corrected chi connectivity index (χ3v) is 5.69. The number of methoxy groups -OCH3 is 1. The summed E-state index contributed by atoms with van der Waals surface area (Å²) in [6, 6.07) is 15.5. The minimum atomic E-state index is -0.279. The van der Waals surface area contributed by atoms with Crippen molar-refractivity contribution in [2.24, 2.45) is 16.1 Å². The van der Waals surface area contributed by atoms with E-state index in [0.717, 1.165) is 40.4 Å². The number of nitrogens with one attached hydrogen (secondary N) is 1. The van der Waals surface area contributed by atoms with E-state index < -0.39 is 0 Å². The minimum absolute atomic E-state index is 0.270. The first-order valence-corrected chi connectivity index (χ1v) is 10.4. The molecule has 1 amide bonds. The van der Waals surface area contributed by atoms with Gasteiger partial charge in [-0.15, -0.1) is 11.8 Å². The number of amides is 1. The molecule has 0 aliphatic heterocycles. The van der Waals surface area contributed by atoms with Crippen LogP contribution in [0.2, 0.25) is 0 Å². The number of nitrogens with zero attached hydrogens (tertiary/aromatic N) is 2. The molecule has 29 heavy (non-hydrogen) atoms. The Kier molecular flexibility index (Phi) is 7.30. The van der Waals surface area contributed by atoms with Crippen molar-refractivity contribution in [3.8, 4) is 5.75 Å². The Hall–Kier alpha value is -2.80. The van der Waals surface area contributed by atoms with E-state index >= 15 is 0 Å². The molecule has 0 atom stereocenters. The van der Waals surface area contributed by atoms with Crippen molar-refractivity contribution in [1.82, 2.24) is 5.32 Å². The Morgan fingerprint density at radius 1 is 1.14 bits per heavy atom. The second-order valence-electron chi connectivity index (χ2n) is 6.57. The van der Waals surface area contributed by atoms with Gasteiger partial charge in [-0.05, 0) is 42.7 Å². The number of carbonyl (C=O) groups excluding carboxylic acids is 1. The second kappa shape index (κ2) is 10.1. The van der Waals surface area contributed by atoms with E-state index in [-0.39, 0.29) is 11.6 Å². The Balaban J connectivity index is 1.81. The summed E-state index contributed by atoms with van der Waals surface area (Å²) >= 11 is 1.71. The van der Waals surface area contributed by atoms with Crippen molar-refractivity contribution < 1.29 is 14.4 Å². The maximum atomic E-state index is 12.2. The highest BCUT2D eigenvalue weighted by molar-refractivity contribution is 8.13. The number of oxime groups is 1. The quantitative estimate of drug-likeness (QED) is 0.402. The highest BCUT2D eigenvalue weighted by atomic mass is 32.2. The summed E-state index contributed by atoms with van der Waals surface area (Å²) in [5.74, 6) is 1.75. The maximum Gasteiger partial charge on any atom is 0.273 e. The number of aliphatic imine (C=N–C) groups is 1. The summed E-state index contributed by atoms with van der Waals surface area (Å²) in [7, 11) is 4.67. The number of hydrogen-bond acceptors (Lipinski definition) is 6. The Labute approximate surface area is 175 Å². The van der Waals surface area contributed by atoms with Gasteiger partial charge in [0.1, 0.15) is 12.9 Å². The molecule has 0 radical (unpaired) electrons. The highest BCUT2D eigenvalue weighted by Crippen LogP contribution is 2.38. The number of ether oxygens (including phenoxy) is 1. The van der Waals surface area contributed by atoms with E-state index in [1.54, 1.807) is 25.9 Å². The van der Waals surface area contributed by atoms with Crippen LogP contribution in [0.1, 0.15) is 24.0 Å². The molecular weight excluding hydrogens is 386 g/mol. The van der Waals surface area contributed by atoms with Crippen LogP contribution in [0.15, 0.2) is 58.7 Å². The van der Waals surface area contributed by atoms with E-state index in [1.807, 2.05) is 48.5 Å². The van der Waals surface area contributed by atoms with Crippen LogP contribution in [-0.2, 0) is 15.4 Å². The van der Waals surface area contributed by atoms with Crippen molar-refractivity contribution in [2.75, 3.05) is 21.3 Å². The molecule has 1 saturated carbocycles. The number of likely N-dealkylation sites (N-methyl/N-ethyl adjacent to an activating group) is 1. The first-order chi connectivity index (χ1) is 14.2. The standard InChI is InChI=1S/C22H25N3O3S/c1-23-21(26)20(25-28-3)19-7-5-4-6-16(19)14-29-22(15-8-9-15)24-17-10-12-18(27-2)13-11-17/h4-7,10-13,15H,8-9,14H2,1-3H3,(H,23,26). The summed E-state index contributed by atoms with van der Waals surface area (Å²) in [5.41, 5.74) is 2.97. The molecule has 1 fully saturated rings. The second-order valence-corrected chi connectivity index (χ2v) is 7.57. The Morgan fingerprint density at radius 3 is 2.48 bits per heavy atom. The minimum Gasteiger partial charge on any atom is -0.497 e. The zero-order valence-corrected chi connectivity index (χ0v) is 17.7. The third-order valence-electron chi connectivity index (χ3n) is 4.51. The molecule has 1 aliphatic rings. The number of hydrogen-bond donors (Lipinski definition) is 1. The van der Waals surface area contributed by atoms with Crippen LogP contribution in [0.5, 0.6) is 5.75 Å². The molecule has 6 nitrogen and oxygen atoms in total. The van der Waals surface area contributed by atoms with Crippen molar-refractivity contribution >= 4 is 34.1 Å². The van der Waals surface area contributed by atoms with Gasteiger partial charge < -0.3 is 14.9 Å². The molecule has 3 rings (SSSR count). The number of thioether (sulfide) groups is 1. The van der Waals surface area contributed by atoms with Gasteiger partial charge in [0.2, 0.25) is 0 Å². The van der Waals surface area contributed by atoms with E-state index in [4.69, 9.17) is 14.6 Å². The lowest BCUT2D eigenvalue weighted by molar-refractivity contribution is -0.114. The van der Waals surface area contributed by atoms with Gasteiger partial charge in [-0.25, -0.2) is 4.99 Å². The topological polar surface area (TPSA) is 72.3 Å². The molecule has 152 valence electrons. The third kappa shape index (κ3) is 5.60. The van der Waals surface area contributed by atoms with Crippen LogP contribution in [0.4, 0.5) is 5.69 Å². The van der Waals surface area contributed by atoms with Crippen LogP contribution in [-0.4, -0.2) is 37.9 Å². The van der Waals surface area contributed by atoms with Gasteiger partial charge in [0, 0.05) is 24.3 Å². The smallest absolute Gasteiger partial charge is 0.273 e. The van der Waals surface area contributed by atoms with Gasteiger partial charge in [0.25, 0.3) is 5.91 Å². The molecule has 0 spiro atoms. The fourth-order valence-electron chi connectivity index (χ4n) is 2.81. The van der Waals surface area contributed by atoms with Crippen LogP contribution >= 0.6 is 11.8 Å². The van der Waals surface area contributed by atoms with Crippen molar-refractivity contribution in [1.29, 1.82) is 0 Å². The molecule has 0 heterocycles. The summed E-state index contributed by atoms with van der Waals surface area (Å²) < 4.78 is 5.22. The van der Waals surface area contributed by atoms with Crippen LogP contribution in [0.3, 0.4) is 0 Å². The molecule has 2 aromatic rings. The molecule has 0 aromatic heterocycles. The molecule has 0 unspecified atom stereocenters. The normalized spacial score (nSPS) is 14.4. The van der Waals surface area contributed by atoms with Gasteiger partial charge in [0.05, 0.1) is 17.8 Å². The fraction of sp³-hybridized carbons (Fsp3) is 0.318. The first-order valence-electron chi connectivity index (χ1n) is 9.43. The number of carbonyl (C=O) groups is 1. The van der Waals surface area contributed by atoms with E-state index in [1.165, 1.54) is 7.11 Å². The maximum absolute atomic E-state index is 12.2. The van der Waals surface area contributed by atoms with E-state index in [0.29, 0.717) is 11.7 Å². The lowest BCUT2D eigenvalue weighted by atomic mass is 10.0. The number of benzene rings is 2. The summed E-state index contributed by atoms with van der Waals surface area (Å²) in [4.78, 5) is 22.0. The fourth-order valence-corrected chi connectivity index (χ4v) is 4.00. The van der Waals surface area contributed by atoms with Crippen molar-refractivity contribution in [3.63, 3.8) is 0 Å². The van der Waals surface area contributed by atoms with Gasteiger partial charge in [0.15, 0.2) is 5.71 Å². The van der Waals surface area contributed by atoms with Gasteiger partial charge >= 0.3 is 0 Å². The molecule has 1 N–H and O–H groups in total. The van der Waals surface area contributed by atoms with E-state index in [9.17, 15) is 4.79 Å². The average Bonchev–Trinajstić information content (AvgIpc) is 3.60. The van der Waals surface area contributed by atoms with Gasteiger partial charge in [-0.3, -0.25) is 4.79 Å². The number of rotatable bonds is 8. The molecule has 0 saturated heterocycles. The van der Waals surface area contributed by atoms with Crippen molar-refractivity contribution in [2.45, 2.75) is 18.6 Å². The molecule has 2 aromatic carbocycles. The predicted octanol–water partition coefficient (Wildman–Crippen LogP) is 4.17. The lowest BCUT2D eigenvalue weighted by Gasteiger charge is -2.11. The summed E-state index contributed by atoms with van der Waals surface area (Å²) in [6.45, 7) is 0. The van der Waals surface area contributed by atoms with Gasteiger partial charge in [-0.1, -0.05) is 29.4 Å². The predicted molar refractivity (Wildman–Crippen MR) is 118 cm³/mol. The zero-order valence-electron chi connectivity index (χ0n) is 16.8. The zero-order chi connectivity index (χ0) is 20.6. The summed E-state index contributed by atoms with van der Waals surface area (Å²) in [6.07, 6.45) is 2.33. The van der Waals surface area contributed by atoms with Crippen molar-refractivity contribution in [3.05, 3.63) is 59.7 Å². The summed E-state index contributed by atoms with van der Waals surface area (Å²) in [5, 5.41) is 7.68. The Morgan fingerprint density at radius 2 is 1.86 bits per heavy atom. The Bertz CT molecular complexity index is 906. The van der Waals surface area contributed by atoms with E-state index in [2.05, 4.69) is 10.5 Å². The highest BCUT2D eigenvalue weighted by Gasteiger charge is 2.28. The lowest BCUT2D eigenvalue weighted by Crippen LogP contribution is -2.29. The largest absolute Gasteiger partial charge is 0.497 e.